The molecule has 0 bridgehead atoms. The zero-order chi connectivity index (χ0) is 11.1. The molecule has 0 saturated carbocycles. The first kappa shape index (κ1) is 12.4. The van der Waals surface area contributed by atoms with Crippen LogP contribution in [0.1, 0.15) is 6.92 Å². The van der Waals surface area contributed by atoms with Crippen molar-refractivity contribution in [2.75, 3.05) is 46.5 Å². The Morgan fingerprint density at radius 2 is 2.33 bits per heavy atom. The smallest absolute Gasteiger partial charge is 0.236 e. The molecule has 1 unspecified atom stereocenters. The molecular formula is C10H20N2O3. The summed E-state index contributed by atoms with van der Waals surface area (Å²) < 4.78 is 10.7. The first-order valence-electron chi connectivity index (χ1n) is 5.38. The molecule has 1 amide bonds. The van der Waals surface area contributed by atoms with Gasteiger partial charge in [0.25, 0.3) is 0 Å². The van der Waals surface area contributed by atoms with Gasteiger partial charge < -0.3 is 19.7 Å². The minimum absolute atomic E-state index is 0.0819. The zero-order valence-corrected chi connectivity index (χ0v) is 9.49. The van der Waals surface area contributed by atoms with Gasteiger partial charge in [-0.15, -0.1) is 0 Å². The Morgan fingerprint density at radius 3 is 2.93 bits per heavy atom. The summed E-state index contributed by atoms with van der Waals surface area (Å²) >= 11 is 0. The average Bonchev–Trinajstić information content (AvgIpc) is 2.29. The van der Waals surface area contributed by atoms with Crippen LogP contribution in [0.4, 0.5) is 0 Å². The van der Waals surface area contributed by atoms with Gasteiger partial charge in [-0.25, -0.2) is 0 Å². The number of likely N-dealkylation sites (N-methyl/N-ethyl adjacent to an activating group) is 1. The van der Waals surface area contributed by atoms with E-state index in [1.54, 1.807) is 11.9 Å². The van der Waals surface area contributed by atoms with E-state index in [4.69, 9.17) is 9.47 Å². The summed E-state index contributed by atoms with van der Waals surface area (Å²) in [7, 11) is 1.80. The number of hydrogen-bond acceptors (Lipinski definition) is 4. The molecule has 0 aromatic carbocycles. The van der Waals surface area contributed by atoms with Gasteiger partial charge in [-0.3, -0.25) is 4.79 Å². The van der Waals surface area contributed by atoms with Crippen LogP contribution in [-0.4, -0.2) is 63.4 Å². The fourth-order valence-corrected chi connectivity index (χ4v) is 1.31. The molecule has 0 radical (unpaired) electrons. The third-order valence-electron chi connectivity index (χ3n) is 2.43. The Hall–Kier alpha value is -0.650. The standard InChI is InChI=1S/C10H20N2O3/c1-3-12(2)10(13)7-11-6-9-8-14-4-5-15-9/h9,11H,3-8H2,1-2H3. The number of carbonyl (C=O) groups excluding carboxylic acids is 1. The molecule has 88 valence electrons. The fraction of sp³-hybridized carbons (Fsp3) is 0.900. The Kier molecular flexibility index (Phi) is 5.60. The van der Waals surface area contributed by atoms with Gasteiger partial charge in [-0.1, -0.05) is 0 Å². The van der Waals surface area contributed by atoms with Gasteiger partial charge in [0.15, 0.2) is 0 Å². The van der Waals surface area contributed by atoms with E-state index in [1.807, 2.05) is 6.92 Å². The molecule has 1 atom stereocenters. The molecule has 5 heteroatoms. The predicted molar refractivity (Wildman–Crippen MR) is 56.7 cm³/mol. The van der Waals surface area contributed by atoms with Gasteiger partial charge in [-0.2, -0.15) is 0 Å². The number of ether oxygens (including phenoxy) is 2. The second-order valence-corrected chi connectivity index (χ2v) is 3.61. The van der Waals surface area contributed by atoms with Crippen molar-refractivity contribution in [1.82, 2.24) is 10.2 Å². The minimum Gasteiger partial charge on any atom is -0.376 e. The molecule has 1 fully saturated rings. The maximum atomic E-state index is 11.4. The SMILES string of the molecule is CCN(C)C(=O)CNCC1COCCO1. The van der Waals surface area contributed by atoms with Crippen molar-refractivity contribution >= 4 is 5.91 Å². The maximum Gasteiger partial charge on any atom is 0.236 e. The normalized spacial score (nSPS) is 21.3. The highest BCUT2D eigenvalue weighted by molar-refractivity contribution is 5.77. The highest BCUT2D eigenvalue weighted by Gasteiger charge is 2.14. The Balaban J connectivity index is 2.07. The molecule has 1 saturated heterocycles. The number of nitrogens with zero attached hydrogens (tertiary/aromatic N) is 1. The van der Waals surface area contributed by atoms with E-state index >= 15 is 0 Å². The van der Waals surface area contributed by atoms with E-state index in [9.17, 15) is 4.79 Å². The van der Waals surface area contributed by atoms with Crippen molar-refractivity contribution in [3.63, 3.8) is 0 Å². The van der Waals surface area contributed by atoms with Crippen LogP contribution in [0, 0.1) is 0 Å². The van der Waals surface area contributed by atoms with Gasteiger partial charge in [0.05, 0.1) is 32.5 Å². The minimum atomic E-state index is 0.0819. The lowest BCUT2D eigenvalue weighted by atomic mass is 10.3. The molecule has 1 aliphatic rings. The molecule has 0 spiro atoms. The van der Waals surface area contributed by atoms with Gasteiger partial charge >= 0.3 is 0 Å². The summed E-state index contributed by atoms with van der Waals surface area (Å²) in [6.07, 6.45) is 0.0819. The lowest BCUT2D eigenvalue weighted by Crippen LogP contribution is -2.42. The van der Waals surface area contributed by atoms with Crippen molar-refractivity contribution in [2.24, 2.45) is 0 Å². The van der Waals surface area contributed by atoms with Crippen LogP contribution in [0.15, 0.2) is 0 Å². The highest BCUT2D eigenvalue weighted by atomic mass is 16.6. The third kappa shape index (κ3) is 4.59. The van der Waals surface area contributed by atoms with E-state index in [0.717, 1.165) is 6.54 Å². The number of nitrogens with one attached hydrogen (secondary N) is 1. The third-order valence-corrected chi connectivity index (χ3v) is 2.43. The van der Waals surface area contributed by atoms with E-state index < -0.39 is 0 Å². The van der Waals surface area contributed by atoms with Crippen molar-refractivity contribution < 1.29 is 14.3 Å². The summed E-state index contributed by atoms with van der Waals surface area (Å²) in [5.74, 6) is 0.106. The van der Waals surface area contributed by atoms with Crippen molar-refractivity contribution in [2.45, 2.75) is 13.0 Å². The quantitative estimate of drug-likeness (QED) is 0.671. The first-order chi connectivity index (χ1) is 7.24. The molecular weight excluding hydrogens is 196 g/mol. The summed E-state index contributed by atoms with van der Waals surface area (Å²) in [5, 5.41) is 3.07. The van der Waals surface area contributed by atoms with E-state index in [-0.39, 0.29) is 12.0 Å². The highest BCUT2D eigenvalue weighted by Crippen LogP contribution is 1.98. The lowest BCUT2D eigenvalue weighted by Gasteiger charge is -2.23. The topological polar surface area (TPSA) is 50.8 Å². The molecule has 0 aliphatic carbocycles. The van der Waals surface area contributed by atoms with E-state index in [1.165, 1.54) is 0 Å². The van der Waals surface area contributed by atoms with Gasteiger partial charge in [0, 0.05) is 20.1 Å². The van der Waals surface area contributed by atoms with E-state index in [0.29, 0.717) is 32.9 Å². The molecule has 1 aliphatic heterocycles. The number of carbonyl (C=O) groups is 1. The van der Waals surface area contributed by atoms with Crippen LogP contribution in [0.3, 0.4) is 0 Å². The Bertz CT molecular complexity index is 193. The largest absolute Gasteiger partial charge is 0.376 e. The Labute approximate surface area is 90.7 Å². The molecule has 1 rings (SSSR count). The Morgan fingerprint density at radius 1 is 1.53 bits per heavy atom. The van der Waals surface area contributed by atoms with E-state index in [2.05, 4.69) is 5.32 Å². The second-order valence-electron chi connectivity index (χ2n) is 3.61. The lowest BCUT2D eigenvalue weighted by molar-refractivity contribution is -0.129. The van der Waals surface area contributed by atoms with Crippen LogP contribution in [0.25, 0.3) is 0 Å². The monoisotopic (exact) mass is 216 g/mol. The van der Waals surface area contributed by atoms with Crippen LogP contribution in [0.2, 0.25) is 0 Å². The maximum absolute atomic E-state index is 11.4. The molecule has 0 aromatic heterocycles. The summed E-state index contributed by atoms with van der Waals surface area (Å²) in [6.45, 7) is 5.67. The van der Waals surface area contributed by atoms with Crippen LogP contribution in [-0.2, 0) is 14.3 Å². The van der Waals surface area contributed by atoms with Crippen molar-refractivity contribution in [3.05, 3.63) is 0 Å². The summed E-state index contributed by atoms with van der Waals surface area (Å²) in [6, 6.07) is 0. The number of hydrogen-bond donors (Lipinski definition) is 1. The van der Waals surface area contributed by atoms with Crippen LogP contribution in [0.5, 0.6) is 0 Å². The van der Waals surface area contributed by atoms with Crippen LogP contribution >= 0.6 is 0 Å². The summed E-state index contributed by atoms with van der Waals surface area (Å²) in [4.78, 5) is 13.1. The van der Waals surface area contributed by atoms with Gasteiger partial charge in [0.1, 0.15) is 0 Å². The van der Waals surface area contributed by atoms with Crippen LogP contribution < -0.4 is 5.32 Å². The fourth-order valence-electron chi connectivity index (χ4n) is 1.31. The van der Waals surface area contributed by atoms with Gasteiger partial charge in [-0.05, 0) is 6.92 Å². The number of amides is 1. The average molecular weight is 216 g/mol. The van der Waals surface area contributed by atoms with Gasteiger partial charge in [0.2, 0.25) is 5.91 Å². The molecule has 1 N–H and O–H groups in total. The van der Waals surface area contributed by atoms with Crippen molar-refractivity contribution in [3.8, 4) is 0 Å². The molecule has 0 aromatic rings. The molecule has 5 nitrogen and oxygen atoms in total. The predicted octanol–water partition coefficient (Wildman–Crippen LogP) is -0.530. The number of rotatable bonds is 5. The molecule has 15 heavy (non-hydrogen) atoms. The zero-order valence-electron chi connectivity index (χ0n) is 9.49. The van der Waals surface area contributed by atoms with Crippen molar-refractivity contribution in [1.29, 1.82) is 0 Å². The molecule has 1 heterocycles. The second kappa shape index (κ2) is 6.76. The summed E-state index contributed by atoms with van der Waals surface area (Å²) in [5.41, 5.74) is 0. The first-order valence-corrected chi connectivity index (χ1v) is 5.38.